The number of allylic oxidation sites excluding steroid dienone is 1. The van der Waals surface area contributed by atoms with Gasteiger partial charge >= 0.3 is 0 Å². The van der Waals surface area contributed by atoms with E-state index in [0.717, 1.165) is 30.0 Å². The highest BCUT2D eigenvalue weighted by Crippen LogP contribution is 2.36. The second-order valence-corrected chi connectivity index (χ2v) is 6.73. The van der Waals surface area contributed by atoms with Crippen LogP contribution in [0.3, 0.4) is 0 Å². The number of carbonyl (C=O) groups excluding carboxylic acids is 1. The molecule has 0 aliphatic carbocycles. The van der Waals surface area contributed by atoms with E-state index in [2.05, 4.69) is 24.2 Å². The number of amidine groups is 1. The van der Waals surface area contributed by atoms with Crippen molar-refractivity contribution in [2.45, 2.75) is 32.2 Å². The number of rotatable bonds is 1. The number of hydrogen-bond acceptors (Lipinski definition) is 4. The van der Waals surface area contributed by atoms with Crippen LogP contribution in [0, 0.1) is 0 Å². The highest BCUT2D eigenvalue weighted by Gasteiger charge is 2.42. The summed E-state index contributed by atoms with van der Waals surface area (Å²) in [6.07, 6.45) is 5.54. The summed E-state index contributed by atoms with van der Waals surface area (Å²) in [5, 5.41) is 3.61. The molecular weight excluding hydrogens is 359 g/mol. The Morgan fingerprint density at radius 1 is 1.16 bits per heavy atom. The third kappa shape index (κ3) is 3.26. The lowest BCUT2D eigenvalue weighted by atomic mass is 9.91. The van der Waals surface area contributed by atoms with E-state index in [1.165, 1.54) is 0 Å². The van der Waals surface area contributed by atoms with Crippen molar-refractivity contribution >= 4 is 42.2 Å². The number of amides is 1. The van der Waals surface area contributed by atoms with Gasteiger partial charge in [0, 0.05) is 24.0 Å². The van der Waals surface area contributed by atoms with Gasteiger partial charge in [0.25, 0.3) is 5.91 Å². The number of para-hydroxylation sites is 1. The van der Waals surface area contributed by atoms with Crippen LogP contribution in [0.5, 0.6) is 0 Å². The molecule has 0 radical (unpaired) electrons. The average Bonchev–Trinajstić information content (AvgIpc) is 2.56. The number of anilines is 1. The van der Waals surface area contributed by atoms with E-state index in [9.17, 15) is 4.79 Å². The molecular formula is C18H22Cl2N4O. The van der Waals surface area contributed by atoms with Crippen LogP contribution >= 0.6 is 24.8 Å². The standard InChI is InChI=1S/C18H20N4O.2ClH/c1-18(2)10-9-14-15(20-18)21-12-6-11-19-16(21)17(23)22(14)13-7-4-3-5-8-13;;/h3-8,11,20H,9-10,12H2,1-2H3;2*1H. The number of hydrogen-bond donors (Lipinski definition) is 1. The minimum atomic E-state index is -0.0548. The molecule has 3 aliphatic rings. The van der Waals surface area contributed by atoms with Crippen molar-refractivity contribution in [2.24, 2.45) is 4.99 Å². The van der Waals surface area contributed by atoms with Gasteiger partial charge in [-0.2, -0.15) is 0 Å². The van der Waals surface area contributed by atoms with Gasteiger partial charge in [-0.05, 0) is 44.9 Å². The van der Waals surface area contributed by atoms with E-state index in [0.29, 0.717) is 12.4 Å². The van der Waals surface area contributed by atoms with Crippen molar-refractivity contribution in [3.8, 4) is 0 Å². The summed E-state index contributed by atoms with van der Waals surface area (Å²) < 4.78 is 0. The first kappa shape index (κ1) is 19.3. The second-order valence-electron chi connectivity index (χ2n) is 6.73. The quantitative estimate of drug-likeness (QED) is 0.811. The van der Waals surface area contributed by atoms with Crippen LogP contribution in [0.4, 0.5) is 5.69 Å². The van der Waals surface area contributed by atoms with Gasteiger partial charge in [0.1, 0.15) is 5.82 Å². The smallest absolute Gasteiger partial charge is 0.298 e. The lowest BCUT2D eigenvalue weighted by Gasteiger charge is -2.46. The van der Waals surface area contributed by atoms with Crippen molar-refractivity contribution in [2.75, 3.05) is 11.4 Å². The van der Waals surface area contributed by atoms with Crippen LogP contribution in [-0.2, 0) is 4.79 Å². The van der Waals surface area contributed by atoms with Gasteiger partial charge in [-0.3, -0.25) is 9.69 Å². The molecule has 0 spiro atoms. The van der Waals surface area contributed by atoms with Crippen molar-refractivity contribution in [3.05, 3.63) is 54.1 Å². The van der Waals surface area contributed by atoms with Crippen LogP contribution in [0.1, 0.15) is 26.7 Å². The lowest BCUT2D eigenvalue weighted by Crippen LogP contribution is -2.59. The third-order valence-electron chi connectivity index (χ3n) is 4.51. The molecule has 7 heteroatoms. The SMILES string of the molecule is CC1(C)CCC2=C(N1)N1CC=CN=C1C(=O)N2c1ccccc1.Cl.Cl. The zero-order valence-electron chi connectivity index (χ0n) is 14.2. The highest BCUT2D eigenvalue weighted by atomic mass is 35.5. The van der Waals surface area contributed by atoms with E-state index in [4.69, 9.17) is 0 Å². The summed E-state index contributed by atoms with van der Waals surface area (Å²) in [5.74, 6) is 1.44. The molecule has 0 fully saturated rings. The number of carbonyl (C=O) groups is 1. The summed E-state index contributed by atoms with van der Waals surface area (Å²) >= 11 is 0. The number of nitrogens with one attached hydrogen (secondary N) is 1. The molecule has 3 heterocycles. The van der Waals surface area contributed by atoms with Gasteiger partial charge in [0.15, 0.2) is 0 Å². The zero-order chi connectivity index (χ0) is 16.0. The molecule has 0 saturated carbocycles. The molecule has 0 atom stereocenters. The Morgan fingerprint density at radius 2 is 1.88 bits per heavy atom. The molecule has 1 aromatic carbocycles. The Kier molecular flexibility index (Phi) is 5.49. The molecule has 3 aliphatic heterocycles. The summed E-state index contributed by atoms with van der Waals surface area (Å²) in [5.41, 5.74) is 1.94. The number of halogens is 2. The number of benzene rings is 1. The molecule has 134 valence electrons. The molecule has 1 N–H and O–H groups in total. The largest absolute Gasteiger partial charge is 0.365 e. The fourth-order valence-electron chi connectivity index (χ4n) is 3.32. The fourth-order valence-corrected chi connectivity index (χ4v) is 3.32. The number of fused-ring (bicyclic) bond motifs is 2. The maximum absolute atomic E-state index is 13.0. The van der Waals surface area contributed by atoms with Crippen LogP contribution in [-0.4, -0.2) is 28.7 Å². The van der Waals surface area contributed by atoms with Gasteiger partial charge in [0.05, 0.1) is 5.70 Å². The molecule has 0 unspecified atom stereocenters. The van der Waals surface area contributed by atoms with Crippen molar-refractivity contribution in [1.29, 1.82) is 0 Å². The Balaban J connectivity index is 0.00000113. The zero-order valence-corrected chi connectivity index (χ0v) is 15.9. The Hall–Kier alpha value is -1.98. The molecule has 1 aromatic rings. The van der Waals surface area contributed by atoms with Crippen LogP contribution in [0.15, 0.2) is 59.1 Å². The third-order valence-corrected chi connectivity index (χ3v) is 4.51. The van der Waals surface area contributed by atoms with Gasteiger partial charge in [-0.1, -0.05) is 18.2 Å². The van der Waals surface area contributed by atoms with Gasteiger partial charge in [0.2, 0.25) is 5.84 Å². The molecule has 0 saturated heterocycles. The molecule has 5 nitrogen and oxygen atoms in total. The van der Waals surface area contributed by atoms with Gasteiger partial charge in [-0.25, -0.2) is 4.99 Å². The van der Waals surface area contributed by atoms with Crippen LogP contribution in [0.25, 0.3) is 0 Å². The summed E-state index contributed by atoms with van der Waals surface area (Å²) in [7, 11) is 0. The predicted octanol–water partition coefficient (Wildman–Crippen LogP) is 3.44. The average molecular weight is 381 g/mol. The maximum atomic E-state index is 13.0. The van der Waals surface area contributed by atoms with Gasteiger partial charge in [-0.15, -0.1) is 24.8 Å². The molecule has 0 bridgehead atoms. The van der Waals surface area contributed by atoms with Crippen molar-refractivity contribution < 1.29 is 4.79 Å². The van der Waals surface area contributed by atoms with Crippen LogP contribution in [0.2, 0.25) is 0 Å². The van der Waals surface area contributed by atoms with Crippen molar-refractivity contribution in [3.63, 3.8) is 0 Å². The highest BCUT2D eigenvalue weighted by molar-refractivity contribution is 6.44. The first-order valence-corrected chi connectivity index (χ1v) is 7.98. The Morgan fingerprint density at radius 3 is 2.60 bits per heavy atom. The monoisotopic (exact) mass is 380 g/mol. The molecule has 4 rings (SSSR count). The van der Waals surface area contributed by atoms with Gasteiger partial charge < -0.3 is 10.2 Å². The molecule has 25 heavy (non-hydrogen) atoms. The number of aliphatic imine (C=N–C) groups is 1. The van der Waals surface area contributed by atoms with E-state index in [-0.39, 0.29) is 36.3 Å². The fraction of sp³-hybridized carbons (Fsp3) is 0.333. The van der Waals surface area contributed by atoms with E-state index < -0.39 is 0 Å². The molecule has 1 amide bonds. The first-order chi connectivity index (χ1) is 11.1. The second kappa shape index (κ2) is 7.10. The predicted molar refractivity (Wildman–Crippen MR) is 105 cm³/mol. The normalized spacial score (nSPS) is 20.6. The minimum Gasteiger partial charge on any atom is -0.365 e. The summed E-state index contributed by atoms with van der Waals surface area (Å²) in [4.78, 5) is 21.2. The van der Waals surface area contributed by atoms with Crippen molar-refractivity contribution in [1.82, 2.24) is 10.2 Å². The minimum absolute atomic E-state index is 0. The first-order valence-electron chi connectivity index (χ1n) is 7.98. The number of nitrogens with zero attached hydrogens (tertiary/aromatic N) is 3. The van der Waals surface area contributed by atoms with Crippen LogP contribution < -0.4 is 10.2 Å². The lowest BCUT2D eigenvalue weighted by molar-refractivity contribution is -0.113. The van der Waals surface area contributed by atoms with E-state index in [1.807, 2.05) is 46.2 Å². The molecule has 0 aromatic heterocycles. The Labute approximate surface area is 160 Å². The van der Waals surface area contributed by atoms with E-state index >= 15 is 0 Å². The topological polar surface area (TPSA) is 47.9 Å². The summed E-state index contributed by atoms with van der Waals surface area (Å²) in [6.45, 7) is 5.06. The van der Waals surface area contributed by atoms with E-state index in [1.54, 1.807) is 6.20 Å². The maximum Gasteiger partial charge on any atom is 0.298 e. The summed E-state index contributed by atoms with van der Waals surface area (Å²) in [6, 6.07) is 9.81. The Bertz CT molecular complexity index is 756.